The van der Waals surface area contributed by atoms with E-state index in [0.29, 0.717) is 5.41 Å². The van der Waals surface area contributed by atoms with Gasteiger partial charge in [-0.05, 0) is 32.6 Å². The van der Waals surface area contributed by atoms with Crippen LogP contribution in [0.2, 0.25) is 0 Å². The highest BCUT2D eigenvalue weighted by Gasteiger charge is 2.36. The number of hydrogen-bond acceptors (Lipinski definition) is 5. The number of aromatic nitrogens is 2. The molecule has 1 N–H and O–H groups in total. The standard InChI is InChI=1S/C16H26N4O/c1-13-10-14(17-11-16(12-21-2)6-5-7-16)19-15(18-13)20-8-3-4-9-20/h10H,3-9,11-12H2,1-2H3,(H,17,18,19). The highest BCUT2D eigenvalue weighted by Crippen LogP contribution is 2.41. The normalized spacial score (nSPS) is 20.4. The highest BCUT2D eigenvalue weighted by atomic mass is 16.5. The first-order valence-electron chi connectivity index (χ1n) is 8.04. The van der Waals surface area contributed by atoms with Gasteiger partial charge in [0.05, 0.1) is 6.61 Å². The molecule has 2 aliphatic rings. The third-order valence-corrected chi connectivity index (χ3v) is 4.74. The Balaban J connectivity index is 1.67. The Bertz CT molecular complexity index is 481. The summed E-state index contributed by atoms with van der Waals surface area (Å²) in [4.78, 5) is 11.6. The summed E-state index contributed by atoms with van der Waals surface area (Å²) in [7, 11) is 1.79. The van der Waals surface area contributed by atoms with E-state index in [2.05, 4.69) is 15.2 Å². The average Bonchev–Trinajstić information content (AvgIpc) is 2.95. The van der Waals surface area contributed by atoms with E-state index in [-0.39, 0.29) is 0 Å². The van der Waals surface area contributed by atoms with Crippen molar-refractivity contribution in [1.82, 2.24) is 9.97 Å². The molecule has 1 saturated heterocycles. The van der Waals surface area contributed by atoms with Gasteiger partial charge in [-0.2, -0.15) is 4.98 Å². The van der Waals surface area contributed by atoms with Crippen LogP contribution in [0.5, 0.6) is 0 Å². The van der Waals surface area contributed by atoms with Gasteiger partial charge in [0.2, 0.25) is 5.95 Å². The average molecular weight is 290 g/mol. The molecule has 1 aliphatic heterocycles. The second kappa shape index (κ2) is 6.18. The van der Waals surface area contributed by atoms with Crippen LogP contribution in [0.3, 0.4) is 0 Å². The molecule has 21 heavy (non-hydrogen) atoms. The Labute approximate surface area is 127 Å². The molecular weight excluding hydrogens is 264 g/mol. The molecule has 5 heteroatoms. The zero-order valence-electron chi connectivity index (χ0n) is 13.2. The highest BCUT2D eigenvalue weighted by molar-refractivity contribution is 5.44. The van der Waals surface area contributed by atoms with Crippen LogP contribution < -0.4 is 10.2 Å². The summed E-state index contributed by atoms with van der Waals surface area (Å²) in [6.45, 7) is 5.98. The number of rotatable bonds is 6. The van der Waals surface area contributed by atoms with Crippen LogP contribution in [0, 0.1) is 12.3 Å². The summed E-state index contributed by atoms with van der Waals surface area (Å²) >= 11 is 0. The van der Waals surface area contributed by atoms with E-state index in [1.807, 2.05) is 13.0 Å². The number of anilines is 2. The minimum Gasteiger partial charge on any atom is -0.384 e. The molecule has 1 aromatic heterocycles. The molecular formula is C16H26N4O. The molecule has 1 aliphatic carbocycles. The van der Waals surface area contributed by atoms with Gasteiger partial charge in [-0.1, -0.05) is 6.42 Å². The van der Waals surface area contributed by atoms with Crippen molar-refractivity contribution in [3.8, 4) is 0 Å². The molecule has 0 aromatic carbocycles. The molecule has 0 amide bonds. The van der Waals surface area contributed by atoms with Crippen LogP contribution in [0.15, 0.2) is 6.07 Å². The van der Waals surface area contributed by atoms with Crippen molar-refractivity contribution >= 4 is 11.8 Å². The molecule has 5 nitrogen and oxygen atoms in total. The van der Waals surface area contributed by atoms with E-state index in [1.54, 1.807) is 7.11 Å². The largest absolute Gasteiger partial charge is 0.384 e. The smallest absolute Gasteiger partial charge is 0.227 e. The zero-order chi connectivity index (χ0) is 14.7. The Kier molecular flexibility index (Phi) is 4.29. The van der Waals surface area contributed by atoms with Crippen molar-refractivity contribution in [1.29, 1.82) is 0 Å². The third kappa shape index (κ3) is 3.28. The van der Waals surface area contributed by atoms with Crippen LogP contribution in [0.1, 0.15) is 37.8 Å². The molecule has 0 spiro atoms. The summed E-state index contributed by atoms with van der Waals surface area (Å²) in [5.41, 5.74) is 1.34. The van der Waals surface area contributed by atoms with Gasteiger partial charge in [0, 0.05) is 43.9 Å². The fourth-order valence-corrected chi connectivity index (χ4v) is 3.34. The molecule has 0 radical (unpaired) electrons. The van der Waals surface area contributed by atoms with Gasteiger partial charge in [-0.25, -0.2) is 4.98 Å². The van der Waals surface area contributed by atoms with Crippen molar-refractivity contribution < 1.29 is 4.74 Å². The number of ether oxygens (including phenoxy) is 1. The van der Waals surface area contributed by atoms with Crippen LogP contribution in [-0.2, 0) is 4.74 Å². The second-order valence-electron chi connectivity index (χ2n) is 6.53. The maximum atomic E-state index is 5.39. The van der Waals surface area contributed by atoms with Gasteiger partial charge in [0.25, 0.3) is 0 Å². The monoisotopic (exact) mass is 290 g/mol. The summed E-state index contributed by atoms with van der Waals surface area (Å²) in [6, 6.07) is 2.04. The Morgan fingerprint density at radius 3 is 2.62 bits per heavy atom. The first kappa shape index (κ1) is 14.6. The maximum Gasteiger partial charge on any atom is 0.227 e. The van der Waals surface area contributed by atoms with Crippen molar-refractivity contribution in [2.24, 2.45) is 5.41 Å². The molecule has 3 rings (SSSR count). The van der Waals surface area contributed by atoms with E-state index >= 15 is 0 Å². The second-order valence-corrected chi connectivity index (χ2v) is 6.53. The number of methoxy groups -OCH3 is 1. The minimum atomic E-state index is 0.307. The molecule has 1 saturated carbocycles. The zero-order valence-corrected chi connectivity index (χ0v) is 13.2. The van der Waals surface area contributed by atoms with Gasteiger partial charge in [0.15, 0.2) is 0 Å². The molecule has 2 heterocycles. The van der Waals surface area contributed by atoms with E-state index in [4.69, 9.17) is 9.72 Å². The van der Waals surface area contributed by atoms with Crippen LogP contribution >= 0.6 is 0 Å². The van der Waals surface area contributed by atoms with Crippen molar-refractivity contribution in [2.45, 2.75) is 39.0 Å². The number of nitrogens with one attached hydrogen (secondary N) is 1. The molecule has 1 aromatic rings. The predicted molar refractivity (Wildman–Crippen MR) is 84.9 cm³/mol. The lowest BCUT2D eigenvalue weighted by Gasteiger charge is -2.41. The quantitative estimate of drug-likeness (QED) is 0.873. The lowest BCUT2D eigenvalue weighted by atomic mass is 9.69. The maximum absolute atomic E-state index is 5.39. The van der Waals surface area contributed by atoms with Gasteiger partial charge in [0.1, 0.15) is 5.82 Å². The number of nitrogens with zero attached hydrogens (tertiary/aromatic N) is 3. The first-order chi connectivity index (χ1) is 10.2. The van der Waals surface area contributed by atoms with Gasteiger partial charge in [-0.3, -0.25) is 0 Å². The summed E-state index contributed by atoms with van der Waals surface area (Å²) in [5.74, 6) is 1.83. The summed E-state index contributed by atoms with van der Waals surface area (Å²) in [5, 5.41) is 3.52. The predicted octanol–water partition coefficient (Wildman–Crippen LogP) is 2.61. The number of hydrogen-bond donors (Lipinski definition) is 1. The van der Waals surface area contributed by atoms with Crippen molar-refractivity contribution in [3.63, 3.8) is 0 Å². The van der Waals surface area contributed by atoms with E-state index < -0.39 is 0 Å². The topological polar surface area (TPSA) is 50.3 Å². The van der Waals surface area contributed by atoms with Gasteiger partial charge < -0.3 is 15.0 Å². The lowest BCUT2D eigenvalue weighted by Crippen LogP contribution is -2.40. The minimum absolute atomic E-state index is 0.307. The van der Waals surface area contributed by atoms with E-state index in [9.17, 15) is 0 Å². The molecule has 2 fully saturated rings. The molecule has 116 valence electrons. The molecule has 0 bridgehead atoms. The Morgan fingerprint density at radius 1 is 1.24 bits per heavy atom. The van der Waals surface area contributed by atoms with Gasteiger partial charge in [-0.15, -0.1) is 0 Å². The SMILES string of the molecule is COCC1(CNc2cc(C)nc(N3CCCC3)n2)CCC1. The van der Waals surface area contributed by atoms with E-state index in [0.717, 1.165) is 43.7 Å². The van der Waals surface area contributed by atoms with Crippen molar-refractivity contribution in [2.75, 3.05) is 43.6 Å². The van der Waals surface area contributed by atoms with Crippen LogP contribution in [0.25, 0.3) is 0 Å². The lowest BCUT2D eigenvalue weighted by molar-refractivity contribution is 0.0282. The summed E-state index contributed by atoms with van der Waals surface area (Å²) in [6.07, 6.45) is 6.30. The van der Waals surface area contributed by atoms with Gasteiger partial charge >= 0.3 is 0 Å². The molecule has 0 atom stereocenters. The van der Waals surface area contributed by atoms with Crippen LogP contribution in [-0.4, -0.2) is 43.3 Å². The fourth-order valence-electron chi connectivity index (χ4n) is 3.34. The van der Waals surface area contributed by atoms with Crippen molar-refractivity contribution in [3.05, 3.63) is 11.8 Å². The Morgan fingerprint density at radius 2 is 2.00 bits per heavy atom. The number of aryl methyl sites for hydroxylation is 1. The first-order valence-corrected chi connectivity index (χ1v) is 8.04. The van der Waals surface area contributed by atoms with Crippen LogP contribution in [0.4, 0.5) is 11.8 Å². The third-order valence-electron chi connectivity index (χ3n) is 4.74. The summed E-state index contributed by atoms with van der Waals surface area (Å²) < 4.78 is 5.39. The fraction of sp³-hybridized carbons (Fsp3) is 0.750. The Hall–Kier alpha value is -1.36. The van der Waals surface area contributed by atoms with E-state index in [1.165, 1.54) is 32.1 Å². The molecule has 0 unspecified atom stereocenters.